The average molecular weight is 1540 g/mol. The normalized spacial score (nSPS) is 14.4. The molecule has 0 saturated carbocycles. The highest BCUT2D eigenvalue weighted by atomic mass is 31.2. The van der Waals surface area contributed by atoms with E-state index in [1.165, 1.54) is 244 Å². The van der Waals surface area contributed by atoms with Gasteiger partial charge in [-0.3, -0.25) is 37.3 Å². The monoisotopic (exact) mass is 1540 g/mol. The van der Waals surface area contributed by atoms with Crippen LogP contribution in [-0.4, -0.2) is 96.7 Å². The van der Waals surface area contributed by atoms with Crippen LogP contribution in [0.25, 0.3) is 0 Å². The summed E-state index contributed by atoms with van der Waals surface area (Å²) in [5, 5.41) is 10.7. The van der Waals surface area contributed by atoms with E-state index in [2.05, 4.69) is 55.4 Å². The standard InChI is InChI=1S/C86H168O17P2/c1-9-78(7)64-56-48-40-34-28-21-17-13-11-12-14-18-22-30-36-42-52-60-68-85(90)102-81(72-96-83(88)66-58-50-41-35-29-25-24-27-33-39-47-55-63-77(5)6)74-100-104(92,93)98-70-80(87)71-99-105(94,95)101-75-82(73-97-84(89)67-59-51-45-44-49-57-65-79(8)10-2)103-86(91)69-61-53-43-37-31-23-19-15-16-20-26-32-38-46-54-62-76(3)4/h76-82,87H,9-75H2,1-8H3,(H,92,93)(H,94,95)/t78?,79?,80-,81-,82-/m1/s1. The van der Waals surface area contributed by atoms with Gasteiger partial charge in [-0.05, 0) is 49.4 Å². The van der Waals surface area contributed by atoms with E-state index in [0.717, 1.165) is 120 Å². The lowest BCUT2D eigenvalue weighted by molar-refractivity contribution is -0.161. The summed E-state index contributed by atoms with van der Waals surface area (Å²) < 4.78 is 68.9. The van der Waals surface area contributed by atoms with Crippen molar-refractivity contribution in [1.82, 2.24) is 0 Å². The summed E-state index contributed by atoms with van der Waals surface area (Å²) in [6, 6.07) is 0. The van der Waals surface area contributed by atoms with Gasteiger partial charge in [-0.15, -0.1) is 0 Å². The predicted molar refractivity (Wildman–Crippen MR) is 432 cm³/mol. The Morgan fingerprint density at radius 1 is 0.267 bits per heavy atom. The van der Waals surface area contributed by atoms with Gasteiger partial charge in [-0.1, -0.05) is 396 Å². The number of ether oxygens (including phenoxy) is 4. The zero-order chi connectivity index (χ0) is 77.4. The zero-order valence-corrected chi connectivity index (χ0v) is 71.2. The zero-order valence-electron chi connectivity index (χ0n) is 69.4. The molecule has 0 fully saturated rings. The molecule has 0 aromatic rings. The first-order valence-electron chi connectivity index (χ1n) is 44.3. The molecule has 105 heavy (non-hydrogen) atoms. The van der Waals surface area contributed by atoms with Crippen LogP contribution in [0.2, 0.25) is 0 Å². The van der Waals surface area contributed by atoms with Crippen LogP contribution in [0, 0.1) is 23.7 Å². The quantitative estimate of drug-likeness (QED) is 0.0222. The summed E-state index contributed by atoms with van der Waals surface area (Å²) in [7, 11) is -9.93. The van der Waals surface area contributed by atoms with Gasteiger partial charge in [0.2, 0.25) is 0 Å². The minimum absolute atomic E-state index is 0.107. The van der Waals surface area contributed by atoms with Crippen LogP contribution >= 0.6 is 15.6 Å². The number of unbranched alkanes of at least 4 members (excludes halogenated alkanes) is 47. The molecule has 19 heteroatoms. The van der Waals surface area contributed by atoms with Gasteiger partial charge >= 0.3 is 39.5 Å². The number of aliphatic hydroxyl groups is 1. The van der Waals surface area contributed by atoms with Gasteiger partial charge in [0.05, 0.1) is 26.4 Å². The van der Waals surface area contributed by atoms with Crippen molar-refractivity contribution in [3.63, 3.8) is 0 Å². The van der Waals surface area contributed by atoms with Gasteiger partial charge in [0.1, 0.15) is 19.3 Å². The minimum atomic E-state index is -4.97. The Morgan fingerprint density at radius 2 is 0.457 bits per heavy atom. The van der Waals surface area contributed by atoms with Crippen molar-refractivity contribution < 1.29 is 80.2 Å². The second-order valence-electron chi connectivity index (χ2n) is 32.4. The Morgan fingerprint density at radius 3 is 0.676 bits per heavy atom. The largest absolute Gasteiger partial charge is 0.472 e. The molecule has 0 aliphatic heterocycles. The maximum Gasteiger partial charge on any atom is 0.472 e. The Hall–Kier alpha value is -1.94. The van der Waals surface area contributed by atoms with Crippen LogP contribution in [0.3, 0.4) is 0 Å². The van der Waals surface area contributed by atoms with Crippen LogP contribution in [0.1, 0.15) is 447 Å². The molecule has 0 aliphatic rings. The lowest BCUT2D eigenvalue weighted by atomic mass is 9.99. The van der Waals surface area contributed by atoms with Crippen molar-refractivity contribution in [3.8, 4) is 0 Å². The highest BCUT2D eigenvalue weighted by Gasteiger charge is 2.31. The minimum Gasteiger partial charge on any atom is -0.462 e. The van der Waals surface area contributed by atoms with E-state index in [1.807, 2.05) is 0 Å². The van der Waals surface area contributed by atoms with Gasteiger partial charge in [-0.25, -0.2) is 9.13 Å². The molecule has 0 aromatic heterocycles. The van der Waals surface area contributed by atoms with Crippen LogP contribution in [0.15, 0.2) is 0 Å². The molecule has 0 aromatic carbocycles. The lowest BCUT2D eigenvalue weighted by Gasteiger charge is -2.21. The van der Waals surface area contributed by atoms with E-state index < -0.39 is 97.5 Å². The number of phosphoric ester groups is 2. The molecule has 0 radical (unpaired) electrons. The fraction of sp³-hybridized carbons (Fsp3) is 0.953. The molecule has 0 rings (SSSR count). The molecule has 0 heterocycles. The third-order valence-electron chi connectivity index (χ3n) is 20.8. The Bertz CT molecular complexity index is 2050. The summed E-state index contributed by atoms with van der Waals surface area (Å²) in [4.78, 5) is 73.2. The third-order valence-corrected chi connectivity index (χ3v) is 22.7. The second kappa shape index (κ2) is 74.8. The molecule has 0 amide bonds. The van der Waals surface area contributed by atoms with E-state index in [0.29, 0.717) is 25.7 Å². The van der Waals surface area contributed by atoms with Gasteiger partial charge < -0.3 is 33.8 Å². The summed E-state index contributed by atoms with van der Waals surface area (Å²) in [5.41, 5.74) is 0. The van der Waals surface area contributed by atoms with E-state index in [4.69, 9.17) is 37.0 Å². The number of carbonyl (C=O) groups excluding carboxylic acids is 4. The highest BCUT2D eigenvalue weighted by molar-refractivity contribution is 7.47. The molecule has 0 aliphatic carbocycles. The van der Waals surface area contributed by atoms with Gasteiger partial charge in [0.25, 0.3) is 0 Å². The van der Waals surface area contributed by atoms with Crippen LogP contribution < -0.4 is 0 Å². The number of carbonyl (C=O) groups is 4. The summed E-state index contributed by atoms with van der Waals surface area (Å²) in [6.45, 7) is 14.3. The summed E-state index contributed by atoms with van der Waals surface area (Å²) in [5.74, 6) is 1.08. The molecule has 624 valence electrons. The predicted octanol–water partition coefficient (Wildman–Crippen LogP) is 25.9. The van der Waals surface area contributed by atoms with Crippen LogP contribution in [-0.2, 0) is 65.4 Å². The molecular formula is C86H168O17P2. The summed E-state index contributed by atoms with van der Waals surface area (Å²) >= 11 is 0. The Labute approximate surface area is 645 Å². The van der Waals surface area contributed by atoms with Crippen molar-refractivity contribution in [2.24, 2.45) is 23.7 Å². The maximum atomic E-state index is 13.1. The van der Waals surface area contributed by atoms with Crippen molar-refractivity contribution in [2.75, 3.05) is 39.6 Å². The van der Waals surface area contributed by atoms with E-state index in [1.54, 1.807) is 0 Å². The lowest BCUT2D eigenvalue weighted by Crippen LogP contribution is -2.30. The molecule has 3 N–H and O–H groups in total. The number of hydrogen-bond donors (Lipinski definition) is 3. The molecule has 0 saturated heterocycles. The first kappa shape index (κ1) is 103. The molecule has 17 nitrogen and oxygen atoms in total. The van der Waals surface area contributed by atoms with Crippen molar-refractivity contribution in [3.05, 3.63) is 0 Å². The number of rotatable bonds is 83. The van der Waals surface area contributed by atoms with E-state index >= 15 is 0 Å². The van der Waals surface area contributed by atoms with Crippen molar-refractivity contribution in [1.29, 1.82) is 0 Å². The molecule has 0 spiro atoms. The first-order chi connectivity index (χ1) is 50.7. The first-order valence-corrected chi connectivity index (χ1v) is 47.3. The number of aliphatic hydroxyl groups excluding tert-OH is 1. The Balaban J connectivity index is 5.22. The van der Waals surface area contributed by atoms with E-state index in [-0.39, 0.29) is 25.7 Å². The topological polar surface area (TPSA) is 237 Å². The second-order valence-corrected chi connectivity index (χ2v) is 35.3. The number of hydrogen-bond acceptors (Lipinski definition) is 15. The van der Waals surface area contributed by atoms with Gasteiger partial charge in [-0.2, -0.15) is 0 Å². The smallest absolute Gasteiger partial charge is 0.462 e. The Kier molecular flexibility index (Phi) is 73.4. The molecule has 7 atom stereocenters. The fourth-order valence-electron chi connectivity index (χ4n) is 13.3. The SMILES string of the molecule is CCC(C)CCCCCCCCCCCCCCCCCCCCC(=O)O[C@H](COC(=O)CCCCCCCCCCCCCCC(C)C)COP(=O)(O)OC[C@@H](O)COP(=O)(O)OC[C@@H](COC(=O)CCCCCCCCC(C)CC)OC(=O)CCCCCCCCCCCCCCCCCC(C)C. The average Bonchev–Trinajstić information content (AvgIpc) is 1.02. The molecular weight excluding hydrogens is 1370 g/mol. The number of esters is 4. The molecule has 0 bridgehead atoms. The van der Waals surface area contributed by atoms with E-state index in [9.17, 15) is 43.2 Å². The number of phosphoric acid groups is 2. The highest BCUT2D eigenvalue weighted by Crippen LogP contribution is 2.45. The summed E-state index contributed by atoms with van der Waals surface area (Å²) in [6.07, 6.45) is 63.9. The van der Waals surface area contributed by atoms with Crippen LogP contribution in [0.4, 0.5) is 0 Å². The third kappa shape index (κ3) is 77.2. The van der Waals surface area contributed by atoms with Crippen molar-refractivity contribution >= 4 is 39.5 Å². The maximum absolute atomic E-state index is 13.1. The van der Waals surface area contributed by atoms with Crippen molar-refractivity contribution in [2.45, 2.75) is 465 Å². The van der Waals surface area contributed by atoms with Gasteiger partial charge in [0.15, 0.2) is 12.2 Å². The fourth-order valence-corrected chi connectivity index (χ4v) is 14.8. The van der Waals surface area contributed by atoms with Gasteiger partial charge in [0, 0.05) is 25.7 Å². The van der Waals surface area contributed by atoms with Crippen LogP contribution in [0.5, 0.6) is 0 Å². The molecule has 4 unspecified atom stereocenters.